The molecule has 0 spiro atoms. The van der Waals surface area contributed by atoms with E-state index in [9.17, 15) is 4.79 Å². The maximum absolute atomic E-state index is 10.9. The highest BCUT2D eigenvalue weighted by Gasteiger charge is 2.15. The van der Waals surface area contributed by atoms with Crippen molar-refractivity contribution in [1.82, 2.24) is 10.2 Å². The molecule has 0 aromatic carbocycles. The Labute approximate surface area is 74.1 Å². The maximum Gasteiger partial charge on any atom is 0.219 e. The molecule has 1 aliphatic heterocycles. The number of amides is 1. The average molecular weight is 170 g/mol. The van der Waals surface area contributed by atoms with Crippen LogP contribution in [0.3, 0.4) is 0 Å². The third-order valence-corrected chi connectivity index (χ3v) is 2.47. The molecule has 1 atom stereocenters. The van der Waals surface area contributed by atoms with E-state index in [1.165, 1.54) is 12.8 Å². The van der Waals surface area contributed by atoms with Crippen LogP contribution in [0, 0.1) is 5.92 Å². The largest absolute Gasteiger partial charge is 0.346 e. The van der Waals surface area contributed by atoms with Crippen LogP contribution >= 0.6 is 0 Å². The van der Waals surface area contributed by atoms with Crippen LogP contribution in [-0.2, 0) is 4.79 Å². The molecule has 0 aliphatic carbocycles. The monoisotopic (exact) mass is 170 g/mol. The van der Waals surface area contributed by atoms with Gasteiger partial charge in [-0.25, -0.2) is 0 Å². The molecule has 12 heavy (non-hydrogen) atoms. The standard InChI is InChI=1S/C9H18N2O/c1-8(12)11(2)7-9-4-3-5-10-6-9/h9-10H,3-7H2,1-2H3/t9-/m1/s1. The third-order valence-electron chi connectivity index (χ3n) is 2.47. The lowest BCUT2D eigenvalue weighted by atomic mass is 9.99. The number of piperidine rings is 1. The summed E-state index contributed by atoms with van der Waals surface area (Å²) in [5, 5.41) is 3.34. The predicted octanol–water partition coefficient (Wildman–Crippen LogP) is 0.464. The molecular weight excluding hydrogens is 152 g/mol. The summed E-state index contributed by atoms with van der Waals surface area (Å²) >= 11 is 0. The highest BCUT2D eigenvalue weighted by Crippen LogP contribution is 2.10. The Morgan fingerprint density at radius 2 is 2.42 bits per heavy atom. The summed E-state index contributed by atoms with van der Waals surface area (Å²) in [6.07, 6.45) is 2.50. The van der Waals surface area contributed by atoms with Crippen molar-refractivity contribution in [3.63, 3.8) is 0 Å². The van der Waals surface area contributed by atoms with Crippen molar-refractivity contribution in [2.75, 3.05) is 26.7 Å². The van der Waals surface area contributed by atoms with E-state index in [2.05, 4.69) is 5.32 Å². The zero-order valence-corrected chi connectivity index (χ0v) is 7.97. The lowest BCUT2D eigenvalue weighted by Crippen LogP contribution is -2.38. The summed E-state index contributed by atoms with van der Waals surface area (Å²) in [5.74, 6) is 0.827. The number of rotatable bonds is 2. The first-order chi connectivity index (χ1) is 5.70. The number of nitrogens with zero attached hydrogens (tertiary/aromatic N) is 1. The maximum atomic E-state index is 10.9. The molecule has 1 heterocycles. The smallest absolute Gasteiger partial charge is 0.219 e. The Morgan fingerprint density at radius 3 is 2.92 bits per heavy atom. The second-order valence-corrected chi connectivity index (χ2v) is 3.61. The van der Waals surface area contributed by atoms with Crippen molar-refractivity contribution in [3.05, 3.63) is 0 Å². The molecule has 0 aromatic rings. The summed E-state index contributed by atoms with van der Waals surface area (Å²) in [7, 11) is 1.87. The Hall–Kier alpha value is -0.570. The minimum atomic E-state index is 0.167. The predicted molar refractivity (Wildman–Crippen MR) is 48.9 cm³/mol. The zero-order valence-electron chi connectivity index (χ0n) is 7.97. The lowest BCUT2D eigenvalue weighted by Gasteiger charge is -2.26. The molecule has 1 saturated heterocycles. The number of carbonyl (C=O) groups excluding carboxylic acids is 1. The van der Waals surface area contributed by atoms with E-state index < -0.39 is 0 Å². The van der Waals surface area contributed by atoms with Gasteiger partial charge in [-0.1, -0.05) is 0 Å². The van der Waals surface area contributed by atoms with Gasteiger partial charge < -0.3 is 10.2 Å². The van der Waals surface area contributed by atoms with E-state index in [4.69, 9.17) is 0 Å². The van der Waals surface area contributed by atoms with Crippen LogP contribution in [0.4, 0.5) is 0 Å². The van der Waals surface area contributed by atoms with Crippen molar-refractivity contribution >= 4 is 5.91 Å². The normalized spacial score (nSPS) is 23.7. The van der Waals surface area contributed by atoms with Crippen molar-refractivity contribution in [3.8, 4) is 0 Å². The van der Waals surface area contributed by atoms with Gasteiger partial charge in [-0.05, 0) is 31.8 Å². The topological polar surface area (TPSA) is 32.3 Å². The van der Waals surface area contributed by atoms with Gasteiger partial charge in [-0.2, -0.15) is 0 Å². The molecule has 70 valence electrons. The Morgan fingerprint density at radius 1 is 1.67 bits per heavy atom. The van der Waals surface area contributed by atoms with E-state index >= 15 is 0 Å². The van der Waals surface area contributed by atoms with E-state index in [0.717, 1.165) is 19.6 Å². The van der Waals surface area contributed by atoms with Crippen molar-refractivity contribution in [1.29, 1.82) is 0 Å². The summed E-state index contributed by atoms with van der Waals surface area (Å²) in [6, 6.07) is 0. The SMILES string of the molecule is CC(=O)N(C)C[C@@H]1CCCNC1. The number of carbonyl (C=O) groups is 1. The molecule has 1 N–H and O–H groups in total. The average Bonchev–Trinajstić information content (AvgIpc) is 2.06. The second kappa shape index (κ2) is 4.45. The molecule has 0 aromatic heterocycles. The number of hydrogen-bond acceptors (Lipinski definition) is 2. The van der Waals surface area contributed by atoms with Crippen molar-refractivity contribution < 1.29 is 4.79 Å². The Bertz CT molecular complexity index is 153. The van der Waals surface area contributed by atoms with Gasteiger partial charge in [0.1, 0.15) is 0 Å². The first-order valence-corrected chi connectivity index (χ1v) is 4.62. The van der Waals surface area contributed by atoms with Gasteiger partial charge in [0.05, 0.1) is 0 Å². The second-order valence-electron chi connectivity index (χ2n) is 3.61. The molecule has 0 saturated carbocycles. The molecule has 1 fully saturated rings. The van der Waals surface area contributed by atoms with Crippen LogP contribution in [0.25, 0.3) is 0 Å². The van der Waals surface area contributed by atoms with Gasteiger partial charge in [0.2, 0.25) is 5.91 Å². The highest BCUT2D eigenvalue weighted by atomic mass is 16.2. The van der Waals surface area contributed by atoms with Crippen molar-refractivity contribution in [2.45, 2.75) is 19.8 Å². The minimum Gasteiger partial charge on any atom is -0.346 e. The van der Waals surface area contributed by atoms with Gasteiger partial charge in [0.25, 0.3) is 0 Å². The molecule has 3 heteroatoms. The summed E-state index contributed by atoms with van der Waals surface area (Å²) < 4.78 is 0. The number of hydrogen-bond donors (Lipinski definition) is 1. The van der Waals surface area contributed by atoms with Crippen LogP contribution in [0.15, 0.2) is 0 Å². The highest BCUT2D eigenvalue weighted by molar-refractivity contribution is 5.72. The summed E-state index contributed by atoms with van der Waals surface area (Å²) in [5.41, 5.74) is 0. The number of nitrogens with one attached hydrogen (secondary N) is 1. The molecular formula is C9H18N2O. The van der Waals surface area contributed by atoms with Gasteiger partial charge in [-0.15, -0.1) is 0 Å². The van der Waals surface area contributed by atoms with E-state index in [0.29, 0.717) is 5.92 Å². The van der Waals surface area contributed by atoms with Crippen molar-refractivity contribution in [2.24, 2.45) is 5.92 Å². The van der Waals surface area contributed by atoms with E-state index in [1.54, 1.807) is 11.8 Å². The molecule has 1 rings (SSSR count). The van der Waals surface area contributed by atoms with Gasteiger partial charge in [-0.3, -0.25) is 4.79 Å². The fourth-order valence-corrected chi connectivity index (χ4v) is 1.60. The van der Waals surface area contributed by atoms with Gasteiger partial charge >= 0.3 is 0 Å². The molecule has 1 amide bonds. The lowest BCUT2D eigenvalue weighted by molar-refractivity contribution is -0.128. The summed E-state index contributed by atoms with van der Waals surface area (Å²) in [6.45, 7) is 4.73. The fourth-order valence-electron chi connectivity index (χ4n) is 1.60. The van der Waals surface area contributed by atoms with E-state index in [-0.39, 0.29) is 5.91 Å². The van der Waals surface area contributed by atoms with Crippen LogP contribution in [-0.4, -0.2) is 37.5 Å². The van der Waals surface area contributed by atoms with Gasteiger partial charge in [0.15, 0.2) is 0 Å². The Balaban J connectivity index is 2.24. The minimum absolute atomic E-state index is 0.167. The van der Waals surface area contributed by atoms with Gasteiger partial charge in [0, 0.05) is 20.5 Å². The molecule has 0 radical (unpaired) electrons. The van der Waals surface area contributed by atoms with Crippen LogP contribution in [0.1, 0.15) is 19.8 Å². The third kappa shape index (κ3) is 2.81. The van der Waals surface area contributed by atoms with Crippen LogP contribution in [0.2, 0.25) is 0 Å². The summed E-state index contributed by atoms with van der Waals surface area (Å²) in [4.78, 5) is 12.7. The van der Waals surface area contributed by atoms with Crippen LogP contribution in [0.5, 0.6) is 0 Å². The quantitative estimate of drug-likeness (QED) is 0.653. The molecule has 1 aliphatic rings. The first-order valence-electron chi connectivity index (χ1n) is 4.62. The van der Waals surface area contributed by atoms with E-state index in [1.807, 2.05) is 7.05 Å². The van der Waals surface area contributed by atoms with Crippen LogP contribution < -0.4 is 5.32 Å². The fraction of sp³-hybridized carbons (Fsp3) is 0.889. The zero-order chi connectivity index (χ0) is 8.97. The first kappa shape index (κ1) is 9.52. The molecule has 0 bridgehead atoms. The molecule has 0 unspecified atom stereocenters. The molecule has 3 nitrogen and oxygen atoms in total. The Kier molecular flexibility index (Phi) is 3.53.